The number of carbonyl (C=O) groups excluding carboxylic acids is 1. The molecule has 0 aromatic carbocycles. The van der Waals surface area contributed by atoms with E-state index in [9.17, 15) is 4.79 Å². The lowest BCUT2D eigenvalue weighted by Crippen LogP contribution is -2.52. The SMILES string of the molecule is CCCCCCCCC(=O)NC(C)(CN)CC(C)C. The quantitative estimate of drug-likeness (QED) is 0.563. The lowest BCUT2D eigenvalue weighted by atomic mass is 9.90. The molecule has 0 aromatic heterocycles. The third-order valence-corrected chi connectivity index (χ3v) is 3.51. The Kier molecular flexibility index (Phi) is 9.94. The van der Waals surface area contributed by atoms with Crippen LogP contribution in [0.1, 0.15) is 79.1 Å². The van der Waals surface area contributed by atoms with Crippen LogP contribution in [0.2, 0.25) is 0 Å². The predicted octanol–water partition coefficient (Wildman–Crippen LogP) is 3.62. The molecule has 0 saturated carbocycles. The van der Waals surface area contributed by atoms with Gasteiger partial charge in [0.2, 0.25) is 5.91 Å². The fourth-order valence-electron chi connectivity index (χ4n) is 2.55. The predicted molar refractivity (Wildman–Crippen MR) is 83.1 cm³/mol. The van der Waals surface area contributed by atoms with Crippen LogP contribution in [-0.4, -0.2) is 18.0 Å². The van der Waals surface area contributed by atoms with Crippen molar-refractivity contribution in [3.8, 4) is 0 Å². The van der Waals surface area contributed by atoms with Crippen LogP contribution in [0.5, 0.6) is 0 Å². The molecule has 0 aliphatic carbocycles. The largest absolute Gasteiger partial charge is 0.350 e. The molecule has 1 amide bonds. The molecule has 3 nitrogen and oxygen atoms in total. The Morgan fingerprint density at radius 1 is 1.16 bits per heavy atom. The van der Waals surface area contributed by atoms with E-state index in [1.807, 2.05) is 6.92 Å². The maximum Gasteiger partial charge on any atom is 0.220 e. The first kappa shape index (κ1) is 18.4. The molecule has 3 heteroatoms. The van der Waals surface area contributed by atoms with Gasteiger partial charge in [0.1, 0.15) is 0 Å². The molecular weight excluding hydrogens is 236 g/mol. The molecule has 0 aliphatic rings. The molecule has 0 saturated heterocycles. The Labute approximate surface area is 119 Å². The van der Waals surface area contributed by atoms with Crippen molar-refractivity contribution in [3.63, 3.8) is 0 Å². The van der Waals surface area contributed by atoms with E-state index in [1.54, 1.807) is 0 Å². The lowest BCUT2D eigenvalue weighted by molar-refractivity contribution is -0.123. The molecule has 114 valence electrons. The minimum Gasteiger partial charge on any atom is -0.350 e. The van der Waals surface area contributed by atoms with Crippen LogP contribution in [0, 0.1) is 5.92 Å². The summed E-state index contributed by atoms with van der Waals surface area (Å²) in [5.41, 5.74) is 5.56. The summed E-state index contributed by atoms with van der Waals surface area (Å²) >= 11 is 0. The number of hydrogen-bond acceptors (Lipinski definition) is 2. The fraction of sp³-hybridized carbons (Fsp3) is 0.938. The van der Waals surface area contributed by atoms with Crippen molar-refractivity contribution >= 4 is 5.91 Å². The van der Waals surface area contributed by atoms with Crippen LogP contribution in [-0.2, 0) is 4.79 Å². The van der Waals surface area contributed by atoms with E-state index in [4.69, 9.17) is 5.73 Å². The topological polar surface area (TPSA) is 55.1 Å². The van der Waals surface area contributed by atoms with Crippen molar-refractivity contribution in [2.45, 2.75) is 84.6 Å². The van der Waals surface area contributed by atoms with Gasteiger partial charge >= 0.3 is 0 Å². The lowest BCUT2D eigenvalue weighted by Gasteiger charge is -2.31. The number of unbranched alkanes of at least 4 members (excludes halogenated alkanes) is 5. The van der Waals surface area contributed by atoms with Gasteiger partial charge < -0.3 is 11.1 Å². The van der Waals surface area contributed by atoms with Crippen LogP contribution in [0.3, 0.4) is 0 Å². The molecule has 0 fully saturated rings. The van der Waals surface area contributed by atoms with Crippen molar-refractivity contribution < 1.29 is 4.79 Å². The zero-order valence-electron chi connectivity index (χ0n) is 13.4. The third-order valence-electron chi connectivity index (χ3n) is 3.51. The Morgan fingerprint density at radius 2 is 1.74 bits per heavy atom. The first-order chi connectivity index (χ1) is 8.93. The van der Waals surface area contributed by atoms with Crippen LogP contribution >= 0.6 is 0 Å². The van der Waals surface area contributed by atoms with Crippen LogP contribution < -0.4 is 11.1 Å². The van der Waals surface area contributed by atoms with E-state index in [-0.39, 0.29) is 11.4 Å². The smallest absolute Gasteiger partial charge is 0.220 e. The Bertz CT molecular complexity index is 241. The van der Waals surface area contributed by atoms with E-state index in [0.717, 1.165) is 19.3 Å². The second kappa shape index (κ2) is 10.2. The molecule has 0 spiro atoms. The van der Waals surface area contributed by atoms with Gasteiger partial charge in [0.25, 0.3) is 0 Å². The molecule has 0 aromatic rings. The summed E-state index contributed by atoms with van der Waals surface area (Å²) in [5.74, 6) is 0.701. The highest BCUT2D eigenvalue weighted by Gasteiger charge is 2.25. The van der Waals surface area contributed by atoms with Crippen LogP contribution in [0.15, 0.2) is 0 Å². The molecule has 19 heavy (non-hydrogen) atoms. The van der Waals surface area contributed by atoms with E-state index in [1.165, 1.54) is 25.7 Å². The second-order valence-electron chi connectivity index (χ2n) is 6.43. The van der Waals surface area contributed by atoms with Gasteiger partial charge in [-0.3, -0.25) is 4.79 Å². The maximum atomic E-state index is 11.9. The maximum absolute atomic E-state index is 11.9. The number of amides is 1. The average molecular weight is 270 g/mol. The summed E-state index contributed by atoms with van der Waals surface area (Å²) in [6.07, 6.45) is 8.87. The fourth-order valence-corrected chi connectivity index (χ4v) is 2.55. The van der Waals surface area contributed by atoms with Gasteiger partial charge in [-0.25, -0.2) is 0 Å². The first-order valence-electron chi connectivity index (χ1n) is 7.94. The molecule has 1 unspecified atom stereocenters. The standard InChI is InChI=1S/C16H34N2O/c1-5-6-7-8-9-10-11-15(19)18-16(4,13-17)12-14(2)3/h14H,5-13,17H2,1-4H3,(H,18,19). The molecular formula is C16H34N2O. The number of nitrogens with one attached hydrogen (secondary N) is 1. The third kappa shape index (κ3) is 9.94. The Hall–Kier alpha value is -0.570. The number of hydrogen-bond donors (Lipinski definition) is 2. The highest BCUT2D eigenvalue weighted by atomic mass is 16.1. The Balaban J connectivity index is 3.82. The number of nitrogens with two attached hydrogens (primary N) is 1. The van der Waals surface area contributed by atoms with Crippen molar-refractivity contribution in [1.29, 1.82) is 0 Å². The second-order valence-corrected chi connectivity index (χ2v) is 6.43. The minimum atomic E-state index is -0.243. The monoisotopic (exact) mass is 270 g/mol. The molecule has 0 rings (SSSR count). The van der Waals surface area contributed by atoms with Gasteiger partial charge in [-0.05, 0) is 25.7 Å². The van der Waals surface area contributed by atoms with E-state index in [0.29, 0.717) is 18.9 Å². The van der Waals surface area contributed by atoms with Crippen molar-refractivity contribution in [2.75, 3.05) is 6.54 Å². The van der Waals surface area contributed by atoms with Crippen molar-refractivity contribution in [1.82, 2.24) is 5.32 Å². The van der Waals surface area contributed by atoms with Gasteiger partial charge in [0, 0.05) is 18.5 Å². The van der Waals surface area contributed by atoms with E-state index in [2.05, 4.69) is 26.1 Å². The van der Waals surface area contributed by atoms with E-state index >= 15 is 0 Å². The van der Waals surface area contributed by atoms with Crippen LogP contribution in [0.4, 0.5) is 0 Å². The van der Waals surface area contributed by atoms with Crippen molar-refractivity contribution in [3.05, 3.63) is 0 Å². The highest BCUT2D eigenvalue weighted by Crippen LogP contribution is 2.16. The van der Waals surface area contributed by atoms with Gasteiger partial charge in [-0.1, -0.05) is 52.9 Å². The van der Waals surface area contributed by atoms with E-state index < -0.39 is 0 Å². The summed E-state index contributed by atoms with van der Waals surface area (Å²) in [4.78, 5) is 11.9. The molecule has 0 aliphatic heterocycles. The zero-order chi connectivity index (χ0) is 14.7. The zero-order valence-corrected chi connectivity index (χ0v) is 13.4. The van der Waals surface area contributed by atoms with Gasteiger partial charge in [-0.15, -0.1) is 0 Å². The molecule has 0 heterocycles. The molecule has 1 atom stereocenters. The summed E-state index contributed by atoms with van der Waals surface area (Å²) < 4.78 is 0. The summed E-state index contributed by atoms with van der Waals surface area (Å²) in [7, 11) is 0. The van der Waals surface area contributed by atoms with Crippen molar-refractivity contribution in [2.24, 2.45) is 11.7 Å². The average Bonchev–Trinajstić information content (AvgIpc) is 2.32. The minimum absolute atomic E-state index is 0.157. The Morgan fingerprint density at radius 3 is 2.26 bits per heavy atom. The molecule has 3 N–H and O–H groups in total. The van der Waals surface area contributed by atoms with Gasteiger partial charge in [0.15, 0.2) is 0 Å². The van der Waals surface area contributed by atoms with Gasteiger partial charge in [0.05, 0.1) is 0 Å². The summed E-state index contributed by atoms with van der Waals surface area (Å²) in [6.45, 7) is 9.09. The normalized spacial score (nSPS) is 14.4. The summed E-state index contributed by atoms with van der Waals surface area (Å²) in [5, 5.41) is 3.11. The first-order valence-corrected chi connectivity index (χ1v) is 7.94. The highest BCUT2D eigenvalue weighted by molar-refractivity contribution is 5.76. The molecule has 0 bridgehead atoms. The van der Waals surface area contributed by atoms with Crippen LogP contribution in [0.25, 0.3) is 0 Å². The van der Waals surface area contributed by atoms with Gasteiger partial charge in [-0.2, -0.15) is 0 Å². The molecule has 0 radical (unpaired) electrons. The summed E-state index contributed by atoms with van der Waals surface area (Å²) in [6, 6.07) is 0. The number of carbonyl (C=O) groups is 1. The number of rotatable bonds is 11.